The fourth-order valence-electron chi connectivity index (χ4n) is 1.94. The van der Waals surface area contributed by atoms with Gasteiger partial charge in [0.25, 0.3) is 0 Å². The molecule has 0 aliphatic heterocycles. The molecular formula is C13H15NO2. The molecule has 1 saturated carbocycles. The SMILES string of the molecule is COC(OC)c1cccc(C2(C#N)CC2)c1. The Balaban J connectivity index is 2.30. The molecule has 0 N–H and O–H groups in total. The van der Waals surface area contributed by atoms with Crippen molar-refractivity contribution >= 4 is 0 Å². The molecule has 0 radical (unpaired) electrons. The van der Waals surface area contributed by atoms with Gasteiger partial charge in [0, 0.05) is 19.8 Å². The molecule has 3 heteroatoms. The van der Waals surface area contributed by atoms with Crippen LogP contribution in [0.25, 0.3) is 0 Å². The lowest BCUT2D eigenvalue weighted by Crippen LogP contribution is -2.07. The van der Waals surface area contributed by atoms with Crippen molar-refractivity contribution in [1.29, 1.82) is 5.26 Å². The molecule has 16 heavy (non-hydrogen) atoms. The Kier molecular flexibility index (Phi) is 2.95. The number of hydrogen-bond donors (Lipinski definition) is 0. The number of methoxy groups -OCH3 is 2. The second-order valence-corrected chi connectivity index (χ2v) is 4.12. The first kappa shape index (κ1) is 11.1. The summed E-state index contributed by atoms with van der Waals surface area (Å²) >= 11 is 0. The van der Waals surface area contributed by atoms with Crippen molar-refractivity contribution in [2.75, 3.05) is 14.2 Å². The Morgan fingerprint density at radius 1 is 1.31 bits per heavy atom. The van der Waals surface area contributed by atoms with Crippen molar-refractivity contribution in [3.05, 3.63) is 35.4 Å². The highest BCUT2D eigenvalue weighted by Crippen LogP contribution is 2.47. The van der Waals surface area contributed by atoms with Crippen molar-refractivity contribution in [1.82, 2.24) is 0 Å². The van der Waals surface area contributed by atoms with Crippen molar-refractivity contribution in [3.8, 4) is 6.07 Å². The summed E-state index contributed by atoms with van der Waals surface area (Å²) in [5.41, 5.74) is 1.79. The van der Waals surface area contributed by atoms with Gasteiger partial charge in [-0.25, -0.2) is 0 Å². The van der Waals surface area contributed by atoms with E-state index in [9.17, 15) is 0 Å². The maximum atomic E-state index is 9.14. The molecule has 0 unspecified atom stereocenters. The number of benzene rings is 1. The van der Waals surface area contributed by atoms with E-state index < -0.39 is 0 Å². The Morgan fingerprint density at radius 3 is 2.50 bits per heavy atom. The molecule has 1 aliphatic rings. The van der Waals surface area contributed by atoms with Gasteiger partial charge in [-0.3, -0.25) is 0 Å². The van der Waals surface area contributed by atoms with Gasteiger partial charge in [-0.2, -0.15) is 5.26 Å². The number of nitriles is 1. The third kappa shape index (κ3) is 1.82. The van der Waals surface area contributed by atoms with Crippen LogP contribution in [0.5, 0.6) is 0 Å². The molecule has 0 atom stereocenters. The summed E-state index contributed by atoms with van der Waals surface area (Å²) in [5.74, 6) is 0. The lowest BCUT2D eigenvalue weighted by Gasteiger charge is -2.15. The highest BCUT2D eigenvalue weighted by molar-refractivity contribution is 5.41. The maximum absolute atomic E-state index is 9.14. The smallest absolute Gasteiger partial charge is 0.183 e. The van der Waals surface area contributed by atoms with Crippen LogP contribution in [0.4, 0.5) is 0 Å². The molecule has 0 bridgehead atoms. The monoisotopic (exact) mass is 217 g/mol. The molecule has 0 amide bonds. The molecule has 84 valence electrons. The lowest BCUT2D eigenvalue weighted by molar-refractivity contribution is -0.106. The molecule has 0 spiro atoms. The van der Waals surface area contributed by atoms with Crippen molar-refractivity contribution in [3.63, 3.8) is 0 Å². The Morgan fingerprint density at radius 2 is 2.00 bits per heavy atom. The van der Waals surface area contributed by atoms with Gasteiger partial charge in [-0.05, 0) is 24.5 Å². The van der Waals surface area contributed by atoms with Crippen LogP contribution < -0.4 is 0 Å². The van der Waals surface area contributed by atoms with E-state index in [1.54, 1.807) is 14.2 Å². The number of nitrogens with zero attached hydrogens (tertiary/aromatic N) is 1. The van der Waals surface area contributed by atoms with E-state index in [0.29, 0.717) is 0 Å². The van der Waals surface area contributed by atoms with Crippen molar-refractivity contribution in [2.24, 2.45) is 0 Å². The second-order valence-electron chi connectivity index (χ2n) is 4.12. The van der Waals surface area contributed by atoms with E-state index in [4.69, 9.17) is 14.7 Å². The molecule has 0 saturated heterocycles. The minimum Gasteiger partial charge on any atom is -0.352 e. The number of rotatable bonds is 4. The van der Waals surface area contributed by atoms with E-state index in [2.05, 4.69) is 6.07 Å². The van der Waals surface area contributed by atoms with E-state index >= 15 is 0 Å². The van der Waals surface area contributed by atoms with Gasteiger partial charge in [0.05, 0.1) is 11.5 Å². The summed E-state index contributed by atoms with van der Waals surface area (Å²) < 4.78 is 10.4. The van der Waals surface area contributed by atoms with Crippen LogP contribution in [0, 0.1) is 11.3 Å². The summed E-state index contributed by atoms with van der Waals surface area (Å²) in [5, 5.41) is 9.14. The Labute approximate surface area is 95.6 Å². The van der Waals surface area contributed by atoms with Gasteiger partial charge in [0.15, 0.2) is 6.29 Å². The lowest BCUT2D eigenvalue weighted by atomic mass is 9.96. The van der Waals surface area contributed by atoms with E-state index in [0.717, 1.165) is 24.0 Å². The molecule has 1 fully saturated rings. The molecule has 0 heterocycles. The van der Waals surface area contributed by atoms with Gasteiger partial charge < -0.3 is 9.47 Å². The molecule has 0 aromatic heterocycles. The first-order valence-corrected chi connectivity index (χ1v) is 5.33. The van der Waals surface area contributed by atoms with Gasteiger partial charge in [-0.15, -0.1) is 0 Å². The van der Waals surface area contributed by atoms with E-state index in [1.165, 1.54) is 0 Å². The number of hydrogen-bond acceptors (Lipinski definition) is 3. The zero-order valence-electron chi connectivity index (χ0n) is 9.56. The predicted molar refractivity (Wildman–Crippen MR) is 59.7 cm³/mol. The Bertz CT molecular complexity index is 414. The zero-order valence-corrected chi connectivity index (χ0v) is 9.56. The highest BCUT2D eigenvalue weighted by Gasteiger charge is 2.44. The first-order chi connectivity index (χ1) is 7.75. The van der Waals surface area contributed by atoms with Gasteiger partial charge in [0.2, 0.25) is 0 Å². The summed E-state index contributed by atoms with van der Waals surface area (Å²) in [7, 11) is 3.22. The molecule has 1 aromatic carbocycles. The molecule has 2 rings (SSSR count). The van der Waals surface area contributed by atoms with E-state index in [-0.39, 0.29) is 11.7 Å². The third-order valence-electron chi connectivity index (χ3n) is 3.10. The standard InChI is InChI=1S/C13H15NO2/c1-15-12(16-2)10-4-3-5-11(8-10)13(9-14)6-7-13/h3-5,8,12H,6-7H2,1-2H3. The van der Waals surface area contributed by atoms with Crippen LogP contribution >= 0.6 is 0 Å². The van der Waals surface area contributed by atoms with Crippen LogP contribution in [0.15, 0.2) is 24.3 Å². The largest absolute Gasteiger partial charge is 0.352 e. The summed E-state index contributed by atoms with van der Waals surface area (Å²) in [6, 6.07) is 10.3. The van der Waals surface area contributed by atoms with Crippen molar-refractivity contribution in [2.45, 2.75) is 24.5 Å². The zero-order chi connectivity index (χ0) is 11.6. The second kappa shape index (κ2) is 4.25. The summed E-state index contributed by atoms with van der Waals surface area (Å²) in [4.78, 5) is 0. The summed E-state index contributed by atoms with van der Waals surface area (Å²) in [6.07, 6.45) is 1.56. The van der Waals surface area contributed by atoms with Crippen LogP contribution in [0.2, 0.25) is 0 Å². The average molecular weight is 217 g/mol. The number of ether oxygens (including phenoxy) is 2. The molecule has 1 aromatic rings. The van der Waals surface area contributed by atoms with Crippen LogP contribution in [0.1, 0.15) is 30.3 Å². The highest BCUT2D eigenvalue weighted by atomic mass is 16.7. The minimum atomic E-state index is -0.352. The van der Waals surface area contributed by atoms with Gasteiger partial charge in [0.1, 0.15) is 0 Å². The third-order valence-corrected chi connectivity index (χ3v) is 3.10. The molecule has 1 aliphatic carbocycles. The molecule has 3 nitrogen and oxygen atoms in total. The van der Waals surface area contributed by atoms with Crippen LogP contribution in [-0.2, 0) is 14.9 Å². The minimum absolute atomic E-state index is 0.248. The van der Waals surface area contributed by atoms with Crippen LogP contribution in [0.3, 0.4) is 0 Å². The summed E-state index contributed by atoms with van der Waals surface area (Å²) in [6.45, 7) is 0. The fraction of sp³-hybridized carbons (Fsp3) is 0.462. The first-order valence-electron chi connectivity index (χ1n) is 5.33. The van der Waals surface area contributed by atoms with Crippen LogP contribution in [-0.4, -0.2) is 14.2 Å². The van der Waals surface area contributed by atoms with Crippen molar-refractivity contribution < 1.29 is 9.47 Å². The average Bonchev–Trinajstić information content (AvgIpc) is 3.12. The Hall–Kier alpha value is -1.37. The quantitative estimate of drug-likeness (QED) is 0.728. The van der Waals surface area contributed by atoms with E-state index in [1.807, 2.05) is 24.3 Å². The molecular weight excluding hydrogens is 202 g/mol. The normalized spacial score (nSPS) is 17.1. The maximum Gasteiger partial charge on any atom is 0.183 e. The topological polar surface area (TPSA) is 42.2 Å². The van der Waals surface area contributed by atoms with Gasteiger partial charge >= 0.3 is 0 Å². The predicted octanol–water partition coefficient (Wildman–Crippen LogP) is 2.53. The fourth-order valence-corrected chi connectivity index (χ4v) is 1.94. The van der Waals surface area contributed by atoms with Gasteiger partial charge in [-0.1, -0.05) is 18.2 Å².